The predicted molar refractivity (Wildman–Crippen MR) is 197 cm³/mol. The topological polar surface area (TPSA) is 53.1 Å². The number of hydrogen-bond donors (Lipinski definition) is 0. The molecule has 0 radical (unpaired) electrons. The Morgan fingerprint density at radius 1 is 1.00 bits per heavy atom. The zero-order valence-corrected chi connectivity index (χ0v) is 30.3. The van der Waals surface area contributed by atoms with Crippen LogP contribution in [-0.2, 0) is 11.2 Å². The monoisotopic (exact) mass is 753 g/mol. The Kier molecular flexibility index (Phi) is 10.6. The van der Waals surface area contributed by atoms with Crippen LogP contribution in [0.3, 0.4) is 0 Å². The number of esters is 1. The molecule has 238 valence electrons. The fourth-order valence-electron chi connectivity index (χ4n) is 5.60. The lowest BCUT2D eigenvalue weighted by Gasteiger charge is -2.38. The van der Waals surface area contributed by atoms with Crippen molar-refractivity contribution in [3.63, 3.8) is 0 Å². The van der Waals surface area contributed by atoms with Crippen LogP contribution in [0.2, 0.25) is 5.02 Å². The molecule has 46 heavy (non-hydrogen) atoms. The maximum atomic E-state index is 13.2. The minimum Gasteiger partial charge on any atom is -0.462 e. The van der Waals surface area contributed by atoms with Crippen LogP contribution in [0.5, 0.6) is 0 Å². The van der Waals surface area contributed by atoms with E-state index < -0.39 is 0 Å². The van der Waals surface area contributed by atoms with Gasteiger partial charge >= 0.3 is 5.97 Å². The number of anilines is 2. The largest absolute Gasteiger partial charge is 0.462 e. The fraction of sp³-hybridized carbons (Fsp3) is 0.257. The second kappa shape index (κ2) is 14.8. The van der Waals surface area contributed by atoms with E-state index in [9.17, 15) is 9.59 Å². The van der Waals surface area contributed by atoms with E-state index in [1.165, 1.54) is 28.2 Å². The van der Waals surface area contributed by atoms with Crippen LogP contribution in [0, 0.1) is 6.92 Å². The lowest BCUT2D eigenvalue weighted by atomic mass is 10.1. The molecule has 1 aliphatic heterocycles. The van der Waals surface area contributed by atoms with Gasteiger partial charge in [-0.25, -0.2) is 4.79 Å². The number of ether oxygens (including phenoxy) is 1. The van der Waals surface area contributed by atoms with E-state index >= 15 is 0 Å². The molecule has 0 aliphatic carbocycles. The molecule has 0 N–H and O–H groups in total. The summed E-state index contributed by atoms with van der Waals surface area (Å²) in [5.74, 6) is -0.184. The van der Waals surface area contributed by atoms with Crippen LogP contribution < -0.4 is 9.21 Å². The summed E-state index contributed by atoms with van der Waals surface area (Å²) in [6, 6.07) is 24.9. The van der Waals surface area contributed by atoms with E-state index in [0.717, 1.165) is 72.3 Å². The van der Waals surface area contributed by atoms with Gasteiger partial charge in [-0.05, 0) is 119 Å². The number of hydrogen-bond acceptors (Lipinski definition) is 8. The highest BCUT2D eigenvalue weighted by molar-refractivity contribution is 9.10. The van der Waals surface area contributed by atoms with Gasteiger partial charge in [-0.15, -0.1) is 22.7 Å². The number of halogens is 2. The summed E-state index contributed by atoms with van der Waals surface area (Å²) in [5.41, 5.74) is 4.38. The second-order valence-corrected chi connectivity index (χ2v) is 15.2. The molecule has 1 fully saturated rings. The standard InChI is InChI=1S/C35H33BrClN3O3S3/c1-3-43-35(42)32-23(2)27-22-26(11-12-31(27)45-32)46-40(15-13-24-7-6-8-25(37)21-24)30-10-5-4-9-29(30)38-16-18-39(19-17-38)34(41)33-28(36)14-20-44-33/h4-12,14,20-22H,3,13,15-19H2,1-2H3. The molecular formula is C35H33BrClN3O3S3. The summed E-state index contributed by atoms with van der Waals surface area (Å²) in [5, 5.41) is 3.74. The predicted octanol–water partition coefficient (Wildman–Crippen LogP) is 9.58. The molecule has 6 rings (SSSR count). The summed E-state index contributed by atoms with van der Waals surface area (Å²) in [4.78, 5) is 32.6. The van der Waals surface area contributed by atoms with Gasteiger partial charge in [0.2, 0.25) is 0 Å². The summed E-state index contributed by atoms with van der Waals surface area (Å²) >= 11 is 14.5. The van der Waals surface area contributed by atoms with Gasteiger partial charge in [0.05, 0.1) is 18.0 Å². The maximum absolute atomic E-state index is 13.2. The highest BCUT2D eigenvalue weighted by Crippen LogP contribution is 2.40. The van der Waals surface area contributed by atoms with E-state index in [1.807, 2.05) is 48.4 Å². The third kappa shape index (κ3) is 7.26. The summed E-state index contributed by atoms with van der Waals surface area (Å²) < 4.78 is 9.59. The molecule has 6 nitrogen and oxygen atoms in total. The Morgan fingerprint density at radius 2 is 1.80 bits per heavy atom. The SMILES string of the molecule is CCOC(=O)c1sc2ccc(SN(CCc3cccc(Cl)c3)c3ccccc3N3CCN(C(=O)c4sccc4Br)CC3)cc2c1C. The molecule has 0 unspecified atom stereocenters. The maximum Gasteiger partial charge on any atom is 0.348 e. The average molecular weight is 755 g/mol. The number of thiophene rings is 2. The minimum absolute atomic E-state index is 0.0822. The van der Waals surface area contributed by atoms with E-state index in [4.69, 9.17) is 16.3 Å². The number of fused-ring (bicyclic) bond motifs is 1. The number of carbonyl (C=O) groups excluding carboxylic acids is 2. The van der Waals surface area contributed by atoms with Gasteiger partial charge in [0.1, 0.15) is 9.75 Å². The molecule has 0 spiro atoms. The average Bonchev–Trinajstić information content (AvgIpc) is 3.65. The van der Waals surface area contributed by atoms with Crippen molar-refractivity contribution in [2.24, 2.45) is 0 Å². The molecule has 0 bridgehead atoms. The van der Waals surface area contributed by atoms with Crippen LogP contribution in [0.15, 0.2) is 87.5 Å². The highest BCUT2D eigenvalue weighted by atomic mass is 79.9. The van der Waals surface area contributed by atoms with Crippen molar-refractivity contribution in [3.8, 4) is 0 Å². The highest BCUT2D eigenvalue weighted by Gasteiger charge is 2.27. The molecular weight excluding hydrogens is 722 g/mol. The summed E-state index contributed by atoms with van der Waals surface area (Å²) in [7, 11) is 0. The second-order valence-electron chi connectivity index (χ2n) is 10.9. The molecule has 3 aromatic carbocycles. The van der Waals surface area contributed by atoms with Crippen molar-refractivity contribution < 1.29 is 14.3 Å². The number of amides is 1. The third-order valence-corrected chi connectivity index (χ3v) is 12.3. The number of piperazine rings is 1. The van der Waals surface area contributed by atoms with Gasteiger partial charge in [-0.2, -0.15) is 0 Å². The summed E-state index contributed by atoms with van der Waals surface area (Å²) in [6.07, 6.45) is 0.812. The smallest absolute Gasteiger partial charge is 0.348 e. The molecule has 5 aromatic rings. The molecule has 0 saturated carbocycles. The van der Waals surface area contributed by atoms with Gasteiger partial charge in [0, 0.05) is 51.8 Å². The lowest BCUT2D eigenvalue weighted by molar-refractivity contribution is 0.0531. The fourth-order valence-corrected chi connectivity index (χ4v) is 9.39. The first-order valence-corrected chi connectivity index (χ1v) is 18.7. The van der Waals surface area contributed by atoms with Crippen molar-refractivity contribution in [2.45, 2.75) is 25.2 Å². The normalized spacial score (nSPS) is 13.3. The van der Waals surface area contributed by atoms with Crippen LogP contribution in [0.4, 0.5) is 11.4 Å². The first-order valence-electron chi connectivity index (χ1n) is 15.1. The van der Waals surface area contributed by atoms with Gasteiger partial charge in [-0.1, -0.05) is 35.9 Å². The zero-order valence-electron chi connectivity index (χ0n) is 25.5. The zero-order chi connectivity index (χ0) is 32.2. The van der Waals surface area contributed by atoms with E-state index in [1.54, 1.807) is 11.9 Å². The van der Waals surface area contributed by atoms with E-state index in [2.05, 4.69) is 73.7 Å². The number of rotatable bonds is 10. The van der Waals surface area contributed by atoms with Crippen molar-refractivity contribution in [1.82, 2.24) is 4.90 Å². The van der Waals surface area contributed by atoms with Gasteiger partial charge in [-0.3, -0.25) is 4.79 Å². The number of benzene rings is 3. The van der Waals surface area contributed by atoms with E-state index in [0.29, 0.717) is 24.6 Å². The van der Waals surface area contributed by atoms with Gasteiger partial charge in [0.15, 0.2) is 0 Å². The van der Waals surface area contributed by atoms with Crippen LogP contribution in [-0.4, -0.2) is 56.1 Å². The summed E-state index contributed by atoms with van der Waals surface area (Å²) in [6.45, 7) is 7.73. The molecule has 11 heteroatoms. The Labute approximate surface area is 295 Å². The molecule has 2 aromatic heterocycles. The van der Waals surface area contributed by atoms with Crippen molar-refractivity contribution in [1.29, 1.82) is 0 Å². The van der Waals surface area contributed by atoms with Crippen LogP contribution >= 0.6 is 62.2 Å². The van der Waals surface area contributed by atoms with Gasteiger partial charge in [0.25, 0.3) is 5.91 Å². The quantitative estimate of drug-likeness (QED) is 0.105. The van der Waals surface area contributed by atoms with Crippen LogP contribution in [0.1, 0.15) is 37.4 Å². The van der Waals surface area contributed by atoms with Gasteiger partial charge < -0.3 is 18.8 Å². The number of carbonyl (C=O) groups is 2. The number of nitrogens with zero attached hydrogens (tertiary/aromatic N) is 3. The molecule has 3 heterocycles. The lowest BCUT2D eigenvalue weighted by Crippen LogP contribution is -2.49. The van der Waals surface area contributed by atoms with Crippen LogP contribution in [0.25, 0.3) is 10.1 Å². The third-order valence-electron chi connectivity index (χ3n) is 7.95. The number of para-hydroxylation sites is 2. The molecule has 1 amide bonds. The molecule has 1 aliphatic rings. The van der Waals surface area contributed by atoms with Crippen molar-refractivity contribution in [3.05, 3.63) is 109 Å². The van der Waals surface area contributed by atoms with Crippen molar-refractivity contribution in [2.75, 3.05) is 48.5 Å². The minimum atomic E-state index is -0.266. The van der Waals surface area contributed by atoms with E-state index in [-0.39, 0.29) is 11.9 Å². The Balaban J connectivity index is 1.27. The van der Waals surface area contributed by atoms with Crippen molar-refractivity contribution >= 4 is 95.5 Å². The molecule has 1 saturated heterocycles. The first kappa shape index (κ1) is 32.9. The Bertz CT molecular complexity index is 1870. The Morgan fingerprint density at radius 3 is 2.54 bits per heavy atom. The first-order chi connectivity index (χ1) is 22.3. The number of aryl methyl sites for hydroxylation is 1. The molecule has 0 atom stereocenters. The Hall–Kier alpha value is -3.02.